The van der Waals surface area contributed by atoms with Gasteiger partial charge in [-0.05, 0) is 47.5 Å². The molecule has 0 unspecified atom stereocenters. The number of nitrogens with zero attached hydrogens (tertiary/aromatic N) is 5. The van der Waals surface area contributed by atoms with E-state index < -0.39 is 39.6 Å². The van der Waals surface area contributed by atoms with Crippen LogP contribution in [0.2, 0.25) is 0 Å². The summed E-state index contributed by atoms with van der Waals surface area (Å²) in [7, 11) is 0. The van der Waals surface area contributed by atoms with Crippen molar-refractivity contribution < 1.29 is 36.1 Å². The van der Waals surface area contributed by atoms with E-state index in [2.05, 4.69) is 15.4 Å². The number of alkyl halides is 6. The second kappa shape index (κ2) is 11.4. The van der Waals surface area contributed by atoms with Crippen LogP contribution < -0.4 is 0 Å². The average Bonchev–Trinajstić information content (AvgIpc) is 3.46. The largest absolute Gasteiger partial charge is 0.633 e. The standard InChI is InChI=1S/C30H29F6N5O2/c1-2-40-38-27(37-39-40)21-5-3-20(4-6-21)19-41(43)17-15-24(16-18-41)28(42,22-7-11-25(12-8-22)29(31,32)33)23-9-13-26(14-10-23)30(34,35)36/h3-14,24,42H,2,15-19H2,1H3. The van der Waals surface area contributed by atoms with Gasteiger partial charge in [-0.15, -0.1) is 10.2 Å². The first kappa shape index (κ1) is 30.6. The van der Waals surface area contributed by atoms with Gasteiger partial charge < -0.3 is 15.0 Å². The molecule has 1 aliphatic rings. The van der Waals surface area contributed by atoms with Crippen LogP contribution in [0.15, 0.2) is 72.8 Å². The Morgan fingerprint density at radius 3 is 1.67 bits per heavy atom. The molecular weight excluding hydrogens is 576 g/mol. The number of hydrogen-bond acceptors (Lipinski definition) is 5. The fourth-order valence-electron chi connectivity index (χ4n) is 5.66. The van der Waals surface area contributed by atoms with Gasteiger partial charge in [0, 0.05) is 29.9 Å². The summed E-state index contributed by atoms with van der Waals surface area (Å²) in [6.45, 7) is 2.82. The third-order valence-corrected chi connectivity index (χ3v) is 8.08. The number of aliphatic hydroxyl groups is 1. The molecule has 4 aromatic rings. The van der Waals surface area contributed by atoms with E-state index in [1.165, 1.54) is 4.80 Å². The molecule has 0 bridgehead atoms. The summed E-state index contributed by atoms with van der Waals surface area (Å²) in [5, 5.41) is 38.0. The van der Waals surface area contributed by atoms with Crippen LogP contribution in [0.25, 0.3) is 11.4 Å². The second-order valence-electron chi connectivity index (χ2n) is 10.9. The van der Waals surface area contributed by atoms with Crippen LogP contribution in [0.4, 0.5) is 26.3 Å². The number of quaternary nitrogens is 1. The van der Waals surface area contributed by atoms with E-state index in [4.69, 9.17) is 0 Å². The fraction of sp³-hybridized carbons (Fsp3) is 0.367. The molecule has 2 heterocycles. The van der Waals surface area contributed by atoms with E-state index in [1.807, 2.05) is 19.1 Å². The summed E-state index contributed by atoms with van der Waals surface area (Å²) in [5.74, 6) is -0.165. The summed E-state index contributed by atoms with van der Waals surface area (Å²) >= 11 is 0. The van der Waals surface area contributed by atoms with Crippen LogP contribution >= 0.6 is 0 Å². The maximum absolute atomic E-state index is 13.7. The molecule has 1 saturated heterocycles. The number of piperidine rings is 1. The summed E-state index contributed by atoms with van der Waals surface area (Å²) in [6.07, 6.45) is -8.80. The quantitative estimate of drug-likeness (QED) is 0.147. The molecule has 0 amide bonds. The molecule has 0 spiro atoms. The topological polar surface area (TPSA) is 86.9 Å². The zero-order chi connectivity index (χ0) is 31.0. The van der Waals surface area contributed by atoms with Crippen molar-refractivity contribution in [3.8, 4) is 11.4 Å². The van der Waals surface area contributed by atoms with Crippen molar-refractivity contribution in [2.24, 2.45) is 5.92 Å². The van der Waals surface area contributed by atoms with E-state index in [0.29, 0.717) is 12.4 Å². The Morgan fingerprint density at radius 1 is 0.791 bits per heavy atom. The monoisotopic (exact) mass is 605 g/mol. The zero-order valence-electron chi connectivity index (χ0n) is 23.1. The van der Waals surface area contributed by atoms with Crippen molar-refractivity contribution in [1.29, 1.82) is 0 Å². The van der Waals surface area contributed by atoms with Crippen LogP contribution in [-0.4, -0.2) is 43.0 Å². The molecule has 1 aromatic heterocycles. The number of aryl methyl sites for hydroxylation is 1. The van der Waals surface area contributed by atoms with E-state index in [9.17, 15) is 36.7 Å². The van der Waals surface area contributed by atoms with E-state index in [0.717, 1.165) is 59.7 Å². The highest BCUT2D eigenvalue weighted by Crippen LogP contribution is 2.45. The molecule has 0 saturated carbocycles. The number of aromatic nitrogens is 4. The molecule has 228 valence electrons. The Bertz CT molecular complexity index is 1470. The number of hydroxylamine groups is 3. The summed E-state index contributed by atoms with van der Waals surface area (Å²) in [5.41, 5.74) is -1.99. The number of halogens is 6. The van der Waals surface area contributed by atoms with Crippen LogP contribution in [0, 0.1) is 11.1 Å². The molecule has 1 N–H and O–H groups in total. The van der Waals surface area contributed by atoms with Gasteiger partial charge in [0.15, 0.2) is 0 Å². The number of hydrogen-bond donors (Lipinski definition) is 1. The van der Waals surface area contributed by atoms with Gasteiger partial charge in [0.1, 0.15) is 12.1 Å². The average molecular weight is 606 g/mol. The minimum Gasteiger partial charge on any atom is -0.633 e. The lowest BCUT2D eigenvalue weighted by atomic mass is 9.71. The highest BCUT2D eigenvalue weighted by molar-refractivity contribution is 5.54. The number of likely N-dealkylation sites (tertiary alicyclic amines) is 1. The molecule has 0 radical (unpaired) electrons. The lowest BCUT2D eigenvalue weighted by Crippen LogP contribution is -2.51. The van der Waals surface area contributed by atoms with E-state index >= 15 is 0 Å². The summed E-state index contributed by atoms with van der Waals surface area (Å²) < 4.78 is 78.7. The molecule has 0 aliphatic carbocycles. The highest BCUT2D eigenvalue weighted by atomic mass is 19.4. The van der Waals surface area contributed by atoms with Crippen molar-refractivity contribution >= 4 is 0 Å². The van der Waals surface area contributed by atoms with Gasteiger partial charge in [0.2, 0.25) is 5.82 Å². The minimum atomic E-state index is -4.60. The van der Waals surface area contributed by atoms with Crippen molar-refractivity contribution in [2.45, 2.75) is 50.8 Å². The number of benzene rings is 3. The van der Waals surface area contributed by atoms with E-state index in [1.54, 1.807) is 12.1 Å². The first-order valence-electron chi connectivity index (χ1n) is 13.7. The minimum absolute atomic E-state index is 0.0996. The lowest BCUT2D eigenvalue weighted by molar-refractivity contribution is -0.900. The van der Waals surface area contributed by atoms with Gasteiger partial charge >= 0.3 is 12.4 Å². The maximum atomic E-state index is 13.7. The zero-order valence-corrected chi connectivity index (χ0v) is 23.1. The van der Waals surface area contributed by atoms with Crippen molar-refractivity contribution in [1.82, 2.24) is 20.2 Å². The Kier molecular flexibility index (Phi) is 8.09. The van der Waals surface area contributed by atoms with Gasteiger partial charge in [0.05, 0.1) is 30.8 Å². The SMILES string of the molecule is CCn1nnc(-c2ccc(C[N+]3([O-])CCC(C(O)(c4ccc(C(F)(F)F)cc4)c4ccc(C(F)(F)F)cc4)CC3)cc2)n1. The van der Waals surface area contributed by atoms with Crippen LogP contribution in [-0.2, 0) is 31.0 Å². The van der Waals surface area contributed by atoms with Gasteiger partial charge in [0.25, 0.3) is 0 Å². The second-order valence-corrected chi connectivity index (χ2v) is 10.9. The van der Waals surface area contributed by atoms with Crippen LogP contribution in [0.5, 0.6) is 0 Å². The first-order chi connectivity index (χ1) is 20.2. The molecule has 1 fully saturated rings. The predicted octanol–water partition coefficient (Wildman–Crippen LogP) is 6.56. The summed E-state index contributed by atoms with van der Waals surface area (Å²) in [4.78, 5) is 1.46. The van der Waals surface area contributed by atoms with Crippen molar-refractivity contribution in [3.63, 3.8) is 0 Å². The fourth-order valence-corrected chi connectivity index (χ4v) is 5.66. The van der Waals surface area contributed by atoms with Gasteiger partial charge in [-0.1, -0.05) is 48.5 Å². The Labute approximate surface area is 243 Å². The third kappa shape index (κ3) is 6.43. The third-order valence-electron chi connectivity index (χ3n) is 8.08. The van der Waals surface area contributed by atoms with Crippen molar-refractivity contribution in [3.05, 3.63) is 106 Å². The lowest BCUT2D eigenvalue weighted by Gasteiger charge is -2.50. The van der Waals surface area contributed by atoms with Gasteiger partial charge in [-0.25, -0.2) is 0 Å². The molecule has 5 rings (SSSR count). The molecular formula is C30H29F6N5O2. The molecule has 1 aliphatic heterocycles. The molecule has 7 nitrogen and oxygen atoms in total. The maximum Gasteiger partial charge on any atom is 0.416 e. The molecule has 13 heteroatoms. The van der Waals surface area contributed by atoms with Crippen LogP contribution in [0.1, 0.15) is 47.6 Å². The normalized spacial score (nSPS) is 19.9. The Morgan fingerprint density at radius 2 is 1.26 bits per heavy atom. The predicted molar refractivity (Wildman–Crippen MR) is 145 cm³/mol. The number of tetrazole rings is 1. The molecule has 3 aromatic carbocycles. The van der Waals surface area contributed by atoms with Gasteiger partial charge in [-0.3, -0.25) is 0 Å². The number of rotatable bonds is 7. The summed E-state index contributed by atoms with van der Waals surface area (Å²) in [6, 6.07) is 15.2. The van der Waals surface area contributed by atoms with Crippen molar-refractivity contribution in [2.75, 3.05) is 13.1 Å². The smallest absolute Gasteiger partial charge is 0.416 e. The van der Waals surface area contributed by atoms with Crippen LogP contribution in [0.3, 0.4) is 0 Å². The first-order valence-corrected chi connectivity index (χ1v) is 13.7. The highest BCUT2D eigenvalue weighted by Gasteiger charge is 2.45. The van der Waals surface area contributed by atoms with E-state index in [-0.39, 0.29) is 43.6 Å². The molecule has 43 heavy (non-hydrogen) atoms. The van der Waals surface area contributed by atoms with Gasteiger partial charge in [-0.2, -0.15) is 31.1 Å². The Balaban J connectivity index is 1.37. The Hall–Kier alpha value is -3.81. The molecule has 0 atom stereocenters.